The van der Waals surface area contributed by atoms with E-state index in [-0.39, 0.29) is 0 Å². The maximum Gasteiger partial charge on any atom is 0.0720 e. The van der Waals surface area contributed by atoms with Crippen molar-refractivity contribution in [1.29, 1.82) is 0 Å². The van der Waals surface area contributed by atoms with E-state index in [0.29, 0.717) is 0 Å². The fraction of sp³-hybridized carbons (Fsp3) is 0.0370. The minimum absolute atomic E-state index is 0.445. The normalized spacial score (nSPS) is 14.8. The van der Waals surface area contributed by atoms with E-state index in [0.717, 1.165) is 0 Å². The van der Waals surface area contributed by atoms with Gasteiger partial charge in [0.25, 0.3) is 0 Å². The Morgan fingerprint density at radius 1 is 0.309 bits per heavy atom. The van der Waals surface area contributed by atoms with Gasteiger partial charge in [-0.25, -0.2) is 0 Å². The van der Waals surface area contributed by atoms with Crippen molar-refractivity contribution in [2.45, 2.75) is 10.8 Å². The largest absolute Gasteiger partial charge is 0.309 e. The lowest BCUT2D eigenvalue weighted by atomic mass is 9.52. The summed E-state index contributed by atoms with van der Waals surface area (Å²) < 4.78 is 2.48. The second-order valence-electron chi connectivity index (χ2n) is 15.5. The molecule has 2 spiro atoms. The SMILES string of the molecule is c1ccc2c(c1)-c1ccccc1C21c2ccccc2C2(c3ccccc3-c3c2ccc2c3c3ccccc3n2-c2ccc3ccccc3c2)c2ccccc21. The monoisotopic (exact) mass is 695 g/mol. The first-order valence-electron chi connectivity index (χ1n) is 19.4. The zero-order chi connectivity index (χ0) is 35.9. The molecule has 0 atom stereocenters. The fourth-order valence-electron chi connectivity index (χ4n) is 11.4. The molecule has 0 radical (unpaired) electrons. The number of rotatable bonds is 1. The van der Waals surface area contributed by atoms with Crippen molar-refractivity contribution in [3.63, 3.8) is 0 Å². The standard InChI is InChI=1S/C54H33N/c1-2-16-35-33-36(30-29-34(35)15-1)55-49-28-14-6-20-40(49)52-50(55)32-31-48-51(52)39-19-5-9-23-43(39)54(48)46-26-12-10-24-44(46)53(45-25-11-13-27-47(45)54)41-21-7-3-17-37(41)38-18-4-8-22-42(38)53/h1-33H. The summed E-state index contributed by atoms with van der Waals surface area (Å²) >= 11 is 0. The van der Waals surface area contributed by atoms with E-state index in [1.807, 2.05) is 0 Å². The molecule has 1 heteroatoms. The van der Waals surface area contributed by atoms with Crippen LogP contribution in [0.25, 0.3) is 60.5 Å². The van der Waals surface area contributed by atoms with Crippen LogP contribution in [0.1, 0.15) is 44.5 Å². The molecule has 254 valence electrons. The van der Waals surface area contributed by atoms with E-state index in [1.165, 1.54) is 105 Å². The number of nitrogens with zero attached hydrogens (tertiary/aromatic N) is 1. The molecule has 3 aliphatic carbocycles. The minimum Gasteiger partial charge on any atom is -0.309 e. The Kier molecular flexibility index (Phi) is 5.56. The molecule has 9 aromatic carbocycles. The van der Waals surface area contributed by atoms with Gasteiger partial charge in [0.05, 0.1) is 21.9 Å². The van der Waals surface area contributed by atoms with E-state index >= 15 is 0 Å². The number of hydrogen-bond donors (Lipinski definition) is 0. The van der Waals surface area contributed by atoms with E-state index in [4.69, 9.17) is 0 Å². The molecule has 13 rings (SSSR count). The fourth-order valence-corrected chi connectivity index (χ4v) is 11.4. The number of hydrogen-bond acceptors (Lipinski definition) is 0. The van der Waals surface area contributed by atoms with E-state index < -0.39 is 10.8 Å². The quantitative estimate of drug-likeness (QED) is 0.161. The van der Waals surface area contributed by atoms with Gasteiger partial charge >= 0.3 is 0 Å². The van der Waals surface area contributed by atoms with Crippen molar-refractivity contribution in [3.05, 3.63) is 245 Å². The van der Waals surface area contributed by atoms with Gasteiger partial charge < -0.3 is 4.57 Å². The highest BCUT2D eigenvalue weighted by Gasteiger charge is 2.59. The highest BCUT2D eigenvalue weighted by Crippen LogP contribution is 2.68. The number of aromatic nitrogens is 1. The van der Waals surface area contributed by atoms with Crippen LogP contribution in [0.4, 0.5) is 0 Å². The molecule has 1 heterocycles. The summed E-state index contributed by atoms with van der Waals surface area (Å²) in [7, 11) is 0. The van der Waals surface area contributed by atoms with Crippen molar-refractivity contribution in [3.8, 4) is 27.9 Å². The van der Waals surface area contributed by atoms with Crippen molar-refractivity contribution in [2.24, 2.45) is 0 Å². The molecule has 0 N–H and O–H groups in total. The van der Waals surface area contributed by atoms with Crippen LogP contribution in [0.5, 0.6) is 0 Å². The smallest absolute Gasteiger partial charge is 0.0720 e. The lowest BCUT2D eigenvalue weighted by molar-refractivity contribution is 0.633. The van der Waals surface area contributed by atoms with Crippen molar-refractivity contribution < 1.29 is 0 Å². The summed E-state index contributed by atoms with van der Waals surface area (Å²) in [5.74, 6) is 0. The first kappa shape index (κ1) is 29.5. The van der Waals surface area contributed by atoms with Gasteiger partial charge in [0, 0.05) is 16.5 Å². The average molecular weight is 696 g/mol. The van der Waals surface area contributed by atoms with Gasteiger partial charge in [0.1, 0.15) is 0 Å². The Hall–Kier alpha value is -6.96. The third kappa shape index (κ3) is 3.38. The summed E-state index contributed by atoms with van der Waals surface area (Å²) in [5, 5.41) is 5.10. The maximum absolute atomic E-state index is 2.48. The summed E-state index contributed by atoms with van der Waals surface area (Å²) in [6.45, 7) is 0. The van der Waals surface area contributed by atoms with E-state index in [1.54, 1.807) is 0 Å². The zero-order valence-electron chi connectivity index (χ0n) is 30.0. The summed E-state index contributed by atoms with van der Waals surface area (Å²) in [6, 6.07) is 75.7. The molecule has 0 saturated heterocycles. The molecule has 0 aliphatic heterocycles. The third-order valence-electron chi connectivity index (χ3n) is 13.3. The number of benzene rings is 9. The van der Waals surface area contributed by atoms with Gasteiger partial charge in [-0.15, -0.1) is 0 Å². The Balaban J connectivity index is 1.19. The van der Waals surface area contributed by atoms with Gasteiger partial charge in [0.15, 0.2) is 0 Å². The summed E-state index contributed by atoms with van der Waals surface area (Å²) in [5.41, 5.74) is 18.9. The molecule has 0 saturated carbocycles. The predicted molar refractivity (Wildman–Crippen MR) is 226 cm³/mol. The lowest BCUT2D eigenvalue weighted by Gasteiger charge is -2.48. The second kappa shape index (κ2) is 10.4. The van der Waals surface area contributed by atoms with E-state index in [2.05, 4.69) is 205 Å². The molecule has 0 fully saturated rings. The second-order valence-corrected chi connectivity index (χ2v) is 15.5. The summed E-state index contributed by atoms with van der Waals surface area (Å²) in [4.78, 5) is 0. The molecule has 1 aromatic heterocycles. The molecule has 3 aliphatic rings. The van der Waals surface area contributed by atoms with Gasteiger partial charge in [-0.2, -0.15) is 0 Å². The Morgan fingerprint density at radius 3 is 1.42 bits per heavy atom. The van der Waals surface area contributed by atoms with Crippen LogP contribution in [0.15, 0.2) is 200 Å². The highest BCUT2D eigenvalue weighted by atomic mass is 15.0. The minimum atomic E-state index is -0.517. The first-order valence-corrected chi connectivity index (χ1v) is 19.4. The molecule has 0 amide bonds. The number of fused-ring (bicyclic) bond motifs is 21. The maximum atomic E-state index is 2.48. The van der Waals surface area contributed by atoms with Crippen molar-refractivity contribution >= 4 is 32.6 Å². The molecule has 1 nitrogen and oxygen atoms in total. The van der Waals surface area contributed by atoms with Gasteiger partial charge in [0.2, 0.25) is 0 Å². The van der Waals surface area contributed by atoms with Crippen LogP contribution >= 0.6 is 0 Å². The van der Waals surface area contributed by atoms with Crippen LogP contribution < -0.4 is 0 Å². The molecule has 0 unspecified atom stereocenters. The van der Waals surface area contributed by atoms with E-state index in [9.17, 15) is 0 Å². The van der Waals surface area contributed by atoms with Crippen LogP contribution in [0.2, 0.25) is 0 Å². The molecule has 10 aromatic rings. The van der Waals surface area contributed by atoms with Gasteiger partial charge in [-0.1, -0.05) is 176 Å². The molecule has 0 bridgehead atoms. The van der Waals surface area contributed by atoms with Crippen molar-refractivity contribution in [1.82, 2.24) is 4.57 Å². The lowest BCUT2D eigenvalue weighted by Crippen LogP contribution is -2.43. The first-order chi connectivity index (χ1) is 27.3. The summed E-state index contributed by atoms with van der Waals surface area (Å²) in [6.07, 6.45) is 0. The third-order valence-corrected chi connectivity index (χ3v) is 13.3. The van der Waals surface area contributed by atoms with Crippen LogP contribution in [-0.4, -0.2) is 4.57 Å². The highest BCUT2D eigenvalue weighted by molar-refractivity contribution is 6.18. The topological polar surface area (TPSA) is 4.93 Å². The van der Waals surface area contributed by atoms with Gasteiger partial charge in [-0.05, 0) is 102 Å². The van der Waals surface area contributed by atoms with Crippen LogP contribution in [-0.2, 0) is 10.8 Å². The van der Waals surface area contributed by atoms with Gasteiger partial charge in [-0.3, -0.25) is 0 Å². The zero-order valence-corrected chi connectivity index (χ0v) is 30.0. The predicted octanol–water partition coefficient (Wildman–Crippen LogP) is 13.0. The number of para-hydroxylation sites is 1. The Morgan fingerprint density at radius 2 is 0.782 bits per heavy atom. The van der Waals surface area contributed by atoms with Crippen LogP contribution in [0, 0.1) is 0 Å². The molecular weight excluding hydrogens is 663 g/mol. The average Bonchev–Trinajstić information content (AvgIpc) is 3.86. The van der Waals surface area contributed by atoms with Crippen LogP contribution in [0.3, 0.4) is 0 Å². The van der Waals surface area contributed by atoms with Crippen molar-refractivity contribution in [2.75, 3.05) is 0 Å². The molecule has 55 heavy (non-hydrogen) atoms. The Bertz CT molecular complexity index is 3190. The Labute approximate surface area is 319 Å². The molecular formula is C54H33N.